The van der Waals surface area contributed by atoms with Crippen LogP contribution in [0.4, 0.5) is 5.82 Å². The minimum Gasteiger partial charge on any atom is -0.497 e. The molecule has 4 aliphatic heterocycles. The number of amides is 1. The number of nitrogens with two attached hydrogens (primary N) is 1. The third-order valence-corrected chi connectivity index (χ3v) is 6.81. The Hall–Kier alpha value is -2.60. The Labute approximate surface area is 165 Å². The summed E-state index contributed by atoms with van der Waals surface area (Å²) in [4.78, 5) is 22.2. The quantitative estimate of drug-likeness (QED) is 0.888. The first-order chi connectivity index (χ1) is 13.7. The number of pyridine rings is 1. The van der Waals surface area contributed by atoms with E-state index in [0.29, 0.717) is 29.3 Å². The molecule has 4 saturated heterocycles. The monoisotopic (exact) mass is 378 g/mol. The largest absolute Gasteiger partial charge is 0.497 e. The van der Waals surface area contributed by atoms with Gasteiger partial charge in [0.05, 0.1) is 13.2 Å². The molecule has 6 heteroatoms. The highest BCUT2D eigenvalue weighted by atomic mass is 16.5. The van der Waals surface area contributed by atoms with E-state index in [0.717, 1.165) is 25.4 Å². The average molecular weight is 378 g/mol. The fourth-order valence-electron chi connectivity index (χ4n) is 5.57. The molecule has 1 amide bonds. The molecule has 0 saturated carbocycles. The first kappa shape index (κ1) is 17.5. The van der Waals surface area contributed by atoms with Crippen LogP contribution < -0.4 is 10.5 Å². The van der Waals surface area contributed by atoms with E-state index in [-0.39, 0.29) is 11.9 Å². The number of methoxy groups -OCH3 is 1. The number of carbonyl (C=O) groups is 1. The number of hydrogen-bond acceptors (Lipinski definition) is 5. The van der Waals surface area contributed by atoms with Crippen LogP contribution in [-0.2, 0) is 0 Å². The Morgan fingerprint density at radius 3 is 2.75 bits per heavy atom. The summed E-state index contributed by atoms with van der Waals surface area (Å²) in [5, 5.41) is 0. The van der Waals surface area contributed by atoms with Crippen molar-refractivity contribution in [1.82, 2.24) is 14.8 Å². The second kappa shape index (κ2) is 6.78. The van der Waals surface area contributed by atoms with Gasteiger partial charge < -0.3 is 15.4 Å². The van der Waals surface area contributed by atoms with Crippen molar-refractivity contribution in [2.75, 3.05) is 32.5 Å². The number of piperidine rings is 3. The van der Waals surface area contributed by atoms with Crippen LogP contribution in [0.1, 0.15) is 34.7 Å². The number of nitrogen functional groups attached to an aromatic ring is 1. The normalized spacial score (nSPS) is 30.9. The highest BCUT2D eigenvalue weighted by Crippen LogP contribution is 2.47. The molecule has 0 aliphatic carbocycles. The Balaban J connectivity index is 1.53. The molecule has 6 rings (SSSR count). The molecule has 2 aromatic rings. The molecule has 146 valence electrons. The lowest BCUT2D eigenvalue weighted by molar-refractivity contribution is -0.00341. The van der Waals surface area contributed by atoms with Gasteiger partial charge >= 0.3 is 0 Å². The zero-order valence-electron chi connectivity index (χ0n) is 16.1. The third-order valence-electron chi connectivity index (χ3n) is 6.81. The van der Waals surface area contributed by atoms with Gasteiger partial charge in [-0.3, -0.25) is 9.69 Å². The van der Waals surface area contributed by atoms with Crippen LogP contribution in [0.5, 0.6) is 5.75 Å². The highest BCUT2D eigenvalue weighted by Gasteiger charge is 2.54. The maximum atomic E-state index is 13.4. The average Bonchev–Trinajstić information content (AvgIpc) is 3.17. The summed E-state index contributed by atoms with van der Waals surface area (Å²) in [5.74, 6) is 2.21. The molecule has 0 unspecified atom stereocenters. The zero-order valence-corrected chi connectivity index (χ0v) is 16.1. The van der Waals surface area contributed by atoms with Crippen LogP contribution in [0.25, 0.3) is 0 Å². The number of ether oxygens (including phenoxy) is 1. The second-order valence-electron chi connectivity index (χ2n) is 8.16. The summed E-state index contributed by atoms with van der Waals surface area (Å²) in [5.41, 5.74) is 7.72. The Morgan fingerprint density at radius 2 is 2.00 bits per heavy atom. The maximum absolute atomic E-state index is 13.4. The number of likely N-dealkylation sites (tertiary alicyclic amines) is 1. The van der Waals surface area contributed by atoms with E-state index in [9.17, 15) is 4.79 Å². The highest BCUT2D eigenvalue weighted by molar-refractivity contribution is 5.95. The SMILES string of the molecule is COc1cccc([C@H]2CN(C(=O)c3ccnc(N)c3)[C@@H]3C4CCN(CC4)[C@H]23)c1. The van der Waals surface area contributed by atoms with Crippen molar-refractivity contribution in [2.24, 2.45) is 5.92 Å². The maximum Gasteiger partial charge on any atom is 0.254 e. The first-order valence-electron chi connectivity index (χ1n) is 10.1. The van der Waals surface area contributed by atoms with Gasteiger partial charge in [0.25, 0.3) is 5.91 Å². The van der Waals surface area contributed by atoms with Gasteiger partial charge in [0.1, 0.15) is 11.6 Å². The van der Waals surface area contributed by atoms with Gasteiger partial charge in [-0.1, -0.05) is 12.1 Å². The Morgan fingerprint density at radius 1 is 1.18 bits per heavy atom. The molecule has 4 aliphatic rings. The molecule has 6 nitrogen and oxygen atoms in total. The summed E-state index contributed by atoms with van der Waals surface area (Å²) < 4.78 is 5.45. The number of rotatable bonds is 3. The topological polar surface area (TPSA) is 71.7 Å². The molecule has 4 fully saturated rings. The molecule has 0 spiro atoms. The summed E-state index contributed by atoms with van der Waals surface area (Å²) in [6, 6.07) is 12.4. The fourth-order valence-corrected chi connectivity index (χ4v) is 5.57. The van der Waals surface area contributed by atoms with Gasteiger partial charge in [-0.25, -0.2) is 4.98 Å². The van der Waals surface area contributed by atoms with Crippen molar-refractivity contribution in [1.29, 1.82) is 0 Å². The van der Waals surface area contributed by atoms with Gasteiger partial charge in [0.15, 0.2) is 0 Å². The zero-order chi connectivity index (χ0) is 19.3. The molecule has 1 aromatic carbocycles. The Bertz CT molecular complexity index is 894. The molecule has 1 aromatic heterocycles. The number of anilines is 1. The van der Waals surface area contributed by atoms with Crippen LogP contribution in [-0.4, -0.2) is 59.5 Å². The molecule has 28 heavy (non-hydrogen) atoms. The molecular weight excluding hydrogens is 352 g/mol. The van der Waals surface area contributed by atoms with Crippen LogP contribution in [0, 0.1) is 5.92 Å². The van der Waals surface area contributed by atoms with Gasteiger partial charge in [-0.15, -0.1) is 0 Å². The van der Waals surface area contributed by atoms with Crippen LogP contribution in [0.2, 0.25) is 0 Å². The van der Waals surface area contributed by atoms with Gasteiger partial charge in [-0.05, 0) is 61.7 Å². The Kier molecular flexibility index (Phi) is 4.23. The summed E-state index contributed by atoms with van der Waals surface area (Å²) >= 11 is 0. The van der Waals surface area contributed by atoms with Gasteiger partial charge in [0.2, 0.25) is 0 Å². The minimum atomic E-state index is 0.0725. The molecule has 3 atom stereocenters. The van der Waals surface area contributed by atoms with E-state index < -0.39 is 0 Å². The van der Waals surface area contributed by atoms with Crippen LogP contribution in [0.15, 0.2) is 42.6 Å². The lowest BCUT2D eigenvalue weighted by Gasteiger charge is -2.51. The summed E-state index contributed by atoms with van der Waals surface area (Å²) in [6.45, 7) is 3.00. The molecule has 0 radical (unpaired) electrons. The fraction of sp³-hybridized carbons (Fsp3) is 0.455. The van der Waals surface area contributed by atoms with E-state index in [1.807, 2.05) is 12.1 Å². The minimum absolute atomic E-state index is 0.0725. The van der Waals surface area contributed by atoms with E-state index in [1.165, 1.54) is 18.4 Å². The third kappa shape index (κ3) is 2.75. The van der Waals surface area contributed by atoms with E-state index in [4.69, 9.17) is 10.5 Å². The molecular formula is C22H26N4O2. The van der Waals surface area contributed by atoms with Crippen LogP contribution >= 0.6 is 0 Å². The predicted molar refractivity (Wildman–Crippen MR) is 107 cm³/mol. The van der Waals surface area contributed by atoms with Crippen molar-refractivity contribution in [2.45, 2.75) is 30.8 Å². The number of aromatic nitrogens is 1. The second-order valence-corrected chi connectivity index (χ2v) is 8.16. The van der Waals surface area contributed by atoms with Crippen molar-refractivity contribution >= 4 is 11.7 Å². The smallest absolute Gasteiger partial charge is 0.254 e. The van der Waals surface area contributed by atoms with Gasteiger partial charge in [0, 0.05) is 30.3 Å². The number of benzene rings is 1. The van der Waals surface area contributed by atoms with Crippen molar-refractivity contribution in [3.8, 4) is 5.75 Å². The molecule has 2 bridgehead atoms. The number of hydrogen-bond donors (Lipinski definition) is 1. The predicted octanol–water partition coefficient (Wildman–Crippen LogP) is 2.37. The number of carbonyl (C=O) groups excluding carboxylic acids is 1. The van der Waals surface area contributed by atoms with Crippen LogP contribution in [0.3, 0.4) is 0 Å². The van der Waals surface area contributed by atoms with Crippen molar-refractivity contribution < 1.29 is 9.53 Å². The summed E-state index contributed by atoms with van der Waals surface area (Å²) in [6.07, 6.45) is 3.97. The van der Waals surface area contributed by atoms with E-state index in [2.05, 4.69) is 26.9 Å². The lowest BCUT2D eigenvalue weighted by Crippen LogP contribution is -2.60. The van der Waals surface area contributed by atoms with Crippen molar-refractivity contribution in [3.63, 3.8) is 0 Å². The number of fused-ring (bicyclic) bond motifs is 2. The lowest BCUT2D eigenvalue weighted by atomic mass is 9.75. The standard InChI is InChI=1S/C22H26N4O2/c1-28-17-4-2-3-15(11-17)18-13-26(22(27)16-5-8-24-19(23)12-16)20-14-6-9-25(10-7-14)21(18)20/h2-5,8,11-12,14,18,20-21H,6-7,9-10,13H2,1H3,(H2,23,24)/t18-,20-,21-/m1/s1. The van der Waals surface area contributed by atoms with Crippen molar-refractivity contribution in [3.05, 3.63) is 53.7 Å². The summed E-state index contributed by atoms with van der Waals surface area (Å²) in [7, 11) is 1.70. The first-order valence-corrected chi connectivity index (χ1v) is 10.1. The van der Waals surface area contributed by atoms with E-state index in [1.54, 1.807) is 25.4 Å². The molecule has 5 heterocycles. The number of nitrogens with zero attached hydrogens (tertiary/aromatic N) is 3. The van der Waals surface area contributed by atoms with E-state index >= 15 is 0 Å². The van der Waals surface area contributed by atoms with Gasteiger partial charge in [-0.2, -0.15) is 0 Å². The molecule has 2 N–H and O–H groups in total.